The molecule has 1 aliphatic heterocycles. The zero-order chi connectivity index (χ0) is 41.7. The number of nitrogens with zero attached hydrogens (tertiary/aromatic N) is 2. The van der Waals surface area contributed by atoms with Crippen LogP contribution in [0.15, 0.2) is 224 Å². The molecule has 1 aliphatic rings. The van der Waals surface area contributed by atoms with Crippen LogP contribution in [0.5, 0.6) is 0 Å². The van der Waals surface area contributed by atoms with Crippen molar-refractivity contribution in [1.29, 1.82) is 0 Å². The molecule has 2 atom stereocenters. The molecule has 1 fully saturated rings. The quantitative estimate of drug-likeness (QED) is 0.123. The lowest BCUT2D eigenvalue weighted by Gasteiger charge is -2.40. The van der Waals surface area contributed by atoms with Crippen molar-refractivity contribution in [3.05, 3.63) is 241 Å². The van der Waals surface area contributed by atoms with Crippen LogP contribution in [-0.4, -0.2) is 9.13 Å². The number of rotatable bonds is 8. The lowest BCUT2D eigenvalue weighted by Crippen LogP contribution is -2.54. The summed E-state index contributed by atoms with van der Waals surface area (Å²) >= 11 is 0. The Morgan fingerprint density at radius 1 is 0.333 bits per heavy atom. The molecule has 6 heteroatoms. The normalized spacial score (nSPS) is 16.5. The third-order valence-corrected chi connectivity index (χ3v) is 12.6. The molecule has 302 valence electrons. The molecule has 0 saturated carbocycles. The maximum Gasteiger partial charge on any atom is 0.0941 e. The van der Waals surface area contributed by atoms with E-state index in [1.165, 1.54) is 32.7 Å². The maximum absolute atomic E-state index is 4.12. The number of para-hydroxylation sites is 5. The Hall–Kier alpha value is -7.74. The second-order valence-corrected chi connectivity index (χ2v) is 16.3. The SMILES string of the molecule is c1ccc(-c2ccccc2Nc2cc(C3NC(c4ccccc4)NC(c4ccccc4)N3)cc(-n3c4ccccc4c4ccccc43)c2-n2c3ccccc3c3ccccc32)cc1. The number of benzene rings is 9. The monoisotopic (exact) mass is 812 g/mol. The van der Waals surface area contributed by atoms with Gasteiger partial charge in [-0.3, -0.25) is 16.0 Å². The molecule has 11 aromatic rings. The molecule has 63 heavy (non-hydrogen) atoms. The Morgan fingerprint density at radius 3 is 1.24 bits per heavy atom. The Labute approximate surface area is 366 Å². The minimum atomic E-state index is -0.259. The fraction of sp³-hybridized carbons (Fsp3) is 0.0526. The minimum Gasteiger partial charge on any atom is -0.353 e. The summed E-state index contributed by atoms with van der Waals surface area (Å²) in [5.41, 5.74) is 14.4. The third-order valence-electron chi connectivity index (χ3n) is 12.6. The van der Waals surface area contributed by atoms with E-state index in [0.717, 1.165) is 61.5 Å². The molecule has 0 radical (unpaired) electrons. The van der Waals surface area contributed by atoms with Crippen LogP contribution >= 0.6 is 0 Å². The van der Waals surface area contributed by atoms with Gasteiger partial charge >= 0.3 is 0 Å². The lowest BCUT2D eigenvalue weighted by atomic mass is 10.0. The molecule has 4 N–H and O–H groups in total. The van der Waals surface area contributed by atoms with E-state index in [2.05, 4.69) is 255 Å². The highest BCUT2D eigenvalue weighted by molar-refractivity contribution is 6.12. The summed E-state index contributed by atoms with van der Waals surface area (Å²) in [6.45, 7) is 0. The van der Waals surface area contributed by atoms with Gasteiger partial charge in [-0.15, -0.1) is 0 Å². The first-order chi connectivity index (χ1) is 31.3. The van der Waals surface area contributed by atoms with E-state index in [1.807, 2.05) is 0 Å². The topological polar surface area (TPSA) is 58.0 Å². The number of aromatic nitrogens is 2. The molecule has 9 aromatic carbocycles. The summed E-state index contributed by atoms with van der Waals surface area (Å²) < 4.78 is 4.95. The van der Waals surface area contributed by atoms with Gasteiger partial charge in [-0.05, 0) is 64.7 Å². The van der Waals surface area contributed by atoms with Gasteiger partial charge in [-0.1, -0.05) is 182 Å². The van der Waals surface area contributed by atoms with Crippen LogP contribution in [0.4, 0.5) is 11.4 Å². The first kappa shape index (κ1) is 37.1. The Morgan fingerprint density at radius 2 is 0.730 bits per heavy atom. The molecule has 0 amide bonds. The van der Waals surface area contributed by atoms with E-state index in [-0.39, 0.29) is 18.5 Å². The van der Waals surface area contributed by atoms with Gasteiger partial charge in [0, 0.05) is 32.8 Å². The van der Waals surface area contributed by atoms with Crippen molar-refractivity contribution in [2.45, 2.75) is 18.5 Å². The van der Waals surface area contributed by atoms with Crippen molar-refractivity contribution in [3.8, 4) is 22.5 Å². The zero-order valence-electron chi connectivity index (χ0n) is 34.5. The molecular formula is C57H44N6. The van der Waals surface area contributed by atoms with Crippen LogP contribution < -0.4 is 21.3 Å². The summed E-state index contributed by atoms with van der Waals surface area (Å²) in [5, 5.41) is 20.9. The van der Waals surface area contributed by atoms with Crippen molar-refractivity contribution < 1.29 is 0 Å². The molecular weight excluding hydrogens is 769 g/mol. The van der Waals surface area contributed by atoms with Gasteiger partial charge in [0.05, 0.1) is 57.6 Å². The second kappa shape index (κ2) is 15.6. The van der Waals surface area contributed by atoms with Crippen LogP contribution in [-0.2, 0) is 0 Å². The highest BCUT2D eigenvalue weighted by Crippen LogP contribution is 2.44. The molecule has 6 nitrogen and oxygen atoms in total. The molecule has 0 bridgehead atoms. The second-order valence-electron chi connectivity index (χ2n) is 16.3. The van der Waals surface area contributed by atoms with Crippen molar-refractivity contribution in [1.82, 2.24) is 25.1 Å². The smallest absolute Gasteiger partial charge is 0.0941 e. The highest BCUT2D eigenvalue weighted by Gasteiger charge is 2.32. The van der Waals surface area contributed by atoms with Gasteiger partial charge in [-0.2, -0.15) is 0 Å². The predicted molar refractivity (Wildman–Crippen MR) is 261 cm³/mol. The average molecular weight is 813 g/mol. The van der Waals surface area contributed by atoms with Gasteiger partial charge in [0.2, 0.25) is 0 Å². The number of nitrogens with one attached hydrogen (secondary N) is 4. The molecule has 0 spiro atoms. The predicted octanol–water partition coefficient (Wildman–Crippen LogP) is 13.5. The van der Waals surface area contributed by atoms with E-state index >= 15 is 0 Å². The Bertz CT molecular complexity index is 3270. The van der Waals surface area contributed by atoms with E-state index in [1.54, 1.807) is 0 Å². The summed E-state index contributed by atoms with van der Waals surface area (Å²) in [4.78, 5) is 0. The van der Waals surface area contributed by atoms with Crippen LogP contribution in [0, 0.1) is 0 Å². The van der Waals surface area contributed by atoms with E-state index < -0.39 is 0 Å². The summed E-state index contributed by atoms with van der Waals surface area (Å²) in [7, 11) is 0. The molecule has 0 aliphatic carbocycles. The van der Waals surface area contributed by atoms with Crippen LogP contribution in [0.3, 0.4) is 0 Å². The minimum absolute atomic E-state index is 0.133. The molecule has 2 unspecified atom stereocenters. The standard InChI is InChI=1S/C57H44N6/c1-4-20-38(21-5-1)42-26-10-15-31-47(42)58-48-36-41(57-60-55(39-22-6-2-7-23-39)59-56(61-57)40-24-8-3-9-25-40)37-53(62-49-32-16-11-27-43(49)44-28-12-17-33-50(44)62)54(48)63-51-34-18-13-29-45(51)46-30-14-19-35-52(46)63/h1-37,55-61H. The molecule has 1 saturated heterocycles. The largest absolute Gasteiger partial charge is 0.353 e. The fourth-order valence-corrected chi connectivity index (χ4v) is 9.77. The molecule has 2 aromatic heterocycles. The van der Waals surface area contributed by atoms with E-state index in [0.29, 0.717) is 0 Å². The summed E-state index contributed by atoms with van der Waals surface area (Å²) in [5.74, 6) is 0. The first-order valence-corrected chi connectivity index (χ1v) is 21.7. The maximum atomic E-state index is 4.12. The van der Waals surface area contributed by atoms with Crippen LogP contribution in [0.1, 0.15) is 35.2 Å². The Balaban J connectivity index is 1.18. The molecule has 3 heterocycles. The van der Waals surface area contributed by atoms with Crippen molar-refractivity contribution in [3.63, 3.8) is 0 Å². The van der Waals surface area contributed by atoms with Gasteiger partial charge < -0.3 is 14.5 Å². The number of fused-ring (bicyclic) bond motifs is 6. The molecule has 12 rings (SSSR count). The first-order valence-electron chi connectivity index (χ1n) is 21.7. The average Bonchev–Trinajstić information content (AvgIpc) is 3.87. The fourth-order valence-electron chi connectivity index (χ4n) is 9.77. The van der Waals surface area contributed by atoms with Gasteiger partial charge in [0.15, 0.2) is 0 Å². The van der Waals surface area contributed by atoms with Crippen molar-refractivity contribution in [2.75, 3.05) is 5.32 Å². The van der Waals surface area contributed by atoms with Crippen molar-refractivity contribution >= 4 is 55.0 Å². The summed E-state index contributed by atoms with van der Waals surface area (Å²) in [6, 6.07) is 80.7. The van der Waals surface area contributed by atoms with E-state index in [9.17, 15) is 0 Å². The number of hydrogen-bond acceptors (Lipinski definition) is 4. The number of anilines is 2. The van der Waals surface area contributed by atoms with Crippen molar-refractivity contribution in [2.24, 2.45) is 0 Å². The lowest BCUT2D eigenvalue weighted by molar-refractivity contribution is 0.203. The Kier molecular flexibility index (Phi) is 9.19. The number of hydrogen-bond donors (Lipinski definition) is 4. The van der Waals surface area contributed by atoms with Crippen LogP contribution in [0.25, 0.3) is 66.1 Å². The van der Waals surface area contributed by atoms with Gasteiger partial charge in [0.25, 0.3) is 0 Å². The zero-order valence-corrected chi connectivity index (χ0v) is 34.5. The third kappa shape index (κ3) is 6.48. The van der Waals surface area contributed by atoms with Crippen LogP contribution in [0.2, 0.25) is 0 Å². The van der Waals surface area contributed by atoms with E-state index in [4.69, 9.17) is 0 Å². The summed E-state index contributed by atoms with van der Waals surface area (Å²) in [6.07, 6.45) is -0.524. The van der Waals surface area contributed by atoms with Gasteiger partial charge in [-0.25, -0.2) is 0 Å². The van der Waals surface area contributed by atoms with Gasteiger partial charge in [0.1, 0.15) is 0 Å². The highest BCUT2D eigenvalue weighted by atomic mass is 15.4.